The van der Waals surface area contributed by atoms with Gasteiger partial charge in [0.05, 0.1) is 17.3 Å². The molecule has 4 nitrogen and oxygen atoms in total. The summed E-state index contributed by atoms with van der Waals surface area (Å²) in [6.07, 6.45) is 8.97. The van der Waals surface area contributed by atoms with Crippen molar-refractivity contribution in [1.82, 2.24) is 10.2 Å². The van der Waals surface area contributed by atoms with Crippen LogP contribution in [0.2, 0.25) is 0 Å². The number of carbonyl (C=O) groups is 1. The molecule has 114 valence electrons. The van der Waals surface area contributed by atoms with Crippen LogP contribution >= 0.6 is 0 Å². The summed E-state index contributed by atoms with van der Waals surface area (Å²) < 4.78 is 0. The maximum absolute atomic E-state index is 13.1. The highest BCUT2D eigenvalue weighted by Gasteiger charge is 2.55. The SMILES string of the molecule is O=C(Nc1cn[nH]c1)C1(Cc2ccccc2)CC2CCC1C2. The number of fused-ring (bicyclic) bond motifs is 2. The summed E-state index contributed by atoms with van der Waals surface area (Å²) in [5.74, 6) is 1.42. The van der Waals surface area contributed by atoms with Gasteiger partial charge in [-0.3, -0.25) is 9.89 Å². The molecular formula is C18H21N3O. The van der Waals surface area contributed by atoms with Crippen LogP contribution in [0.4, 0.5) is 5.69 Å². The van der Waals surface area contributed by atoms with E-state index in [1.807, 2.05) is 6.07 Å². The Kier molecular flexibility index (Phi) is 3.25. The fraction of sp³-hybridized carbons (Fsp3) is 0.444. The van der Waals surface area contributed by atoms with Crippen LogP contribution in [0.25, 0.3) is 0 Å². The fourth-order valence-electron chi connectivity index (χ4n) is 4.55. The van der Waals surface area contributed by atoms with Gasteiger partial charge in [0, 0.05) is 6.20 Å². The van der Waals surface area contributed by atoms with Gasteiger partial charge in [0.2, 0.25) is 5.91 Å². The van der Waals surface area contributed by atoms with E-state index in [4.69, 9.17) is 0 Å². The zero-order valence-electron chi connectivity index (χ0n) is 12.6. The third-order valence-corrected chi connectivity index (χ3v) is 5.55. The summed E-state index contributed by atoms with van der Waals surface area (Å²) in [5, 5.41) is 9.75. The number of hydrogen-bond donors (Lipinski definition) is 2. The highest BCUT2D eigenvalue weighted by atomic mass is 16.2. The Hall–Kier alpha value is -2.10. The highest BCUT2D eigenvalue weighted by Crippen LogP contribution is 2.57. The minimum Gasteiger partial charge on any atom is -0.323 e. The van der Waals surface area contributed by atoms with Gasteiger partial charge in [0.15, 0.2) is 0 Å². The van der Waals surface area contributed by atoms with E-state index in [-0.39, 0.29) is 11.3 Å². The van der Waals surface area contributed by atoms with E-state index >= 15 is 0 Å². The molecule has 3 unspecified atom stereocenters. The molecule has 2 aliphatic carbocycles. The third-order valence-electron chi connectivity index (χ3n) is 5.55. The Morgan fingerprint density at radius 2 is 2.18 bits per heavy atom. The second-order valence-electron chi connectivity index (χ2n) is 6.84. The second-order valence-corrected chi connectivity index (χ2v) is 6.84. The van der Waals surface area contributed by atoms with Crippen LogP contribution in [0.3, 0.4) is 0 Å². The first-order chi connectivity index (χ1) is 10.8. The largest absolute Gasteiger partial charge is 0.323 e. The number of rotatable bonds is 4. The summed E-state index contributed by atoms with van der Waals surface area (Å²) in [4.78, 5) is 13.1. The number of aromatic amines is 1. The molecule has 2 fully saturated rings. The molecule has 0 aliphatic heterocycles. The third kappa shape index (κ3) is 2.23. The van der Waals surface area contributed by atoms with Crippen LogP contribution in [0.1, 0.15) is 31.2 Å². The number of nitrogens with zero attached hydrogens (tertiary/aromatic N) is 1. The van der Waals surface area contributed by atoms with Crippen molar-refractivity contribution >= 4 is 11.6 Å². The van der Waals surface area contributed by atoms with E-state index < -0.39 is 0 Å². The summed E-state index contributed by atoms with van der Waals surface area (Å²) in [6.45, 7) is 0. The van der Waals surface area contributed by atoms with E-state index in [1.54, 1.807) is 12.4 Å². The lowest BCUT2D eigenvalue weighted by molar-refractivity contribution is -0.128. The number of anilines is 1. The molecule has 1 aromatic carbocycles. The predicted octanol–water partition coefficient (Wildman–Crippen LogP) is 3.40. The van der Waals surface area contributed by atoms with Crippen molar-refractivity contribution in [3.05, 3.63) is 48.3 Å². The molecule has 22 heavy (non-hydrogen) atoms. The Morgan fingerprint density at radius 3 is 2.82 bits per heavy atom. The lowest BCUT2D eigenvalue weighted by Crippen LogP contribution is -2.42. The fourth-order valence-corrected chi connectivity index (χ4v) is 4.55. The molecule has 4 rings (SSSR count). The van der Waals surface area contributed by atoms with Gasteiger partial charge in [-0.25, -0.2) is 0 Å². The van der Waals surface area contributed by atoms with Gasteiger partial charge in [-0.1, -0.05) is 36.8 Å². The predicted molar refractivity (Wildman–Crippen MR) is 85.2 cm³/mol. The zero-order valence-corrected chi connectivity index (χ0v) is 12.6. The van der Waals surface area contributed by atoms with Crippen LogP contribution in [0.5, 0.6) is 0 Å². The highest BCUT2D eigenvalue weighted by molar-refractivity contribution is 5.96. The summed E-state index contributed by atoms with van der Waals surface area (Å²) in [7, 11) is 0. The Morgan fingerprint density at radius 1 is 1.32 bits per heavy atom. The number of carbonyl (C=O) groups excluding carboxylic acids is 1. The average Bonchev–Trinajstić information content (AvgIpc) is 3.25. The Bertz CT molecular complexity index is 652. The molecule has 2 aliphatic rings. The minimum absolute atomic E-state index is 0.171. The van der Waals surface area contributed by atoms with Gasteiger partial charge in [-0.15, -0.1) is 0 Å². The molecule has 1 amide bonds. The van der Waals surface area contributed by atoms with Crippen molar-refractivity contribution in [3.63, 3.8) is 0 Å². The topological polar surface area (TPSA) is 57.8 Å². The molecule has 2 aromatic rings. The monoisotopic (exact) mass is 295 g/mol. The van der Waals surface area contributed by atoms with Crippen LogP contribution in [-0.2, 0) is 11.2 Å². The smallest absolute Gasteiger partial charge is 0.231 e. The maximum Gasteiger partial charge on any atom is 0.231 e. The van der Waals surface area contributed by atoms with Crippen molar-refractivity contribution < 1.29 is 4.79 Å². The lowest BCUT2D eigenvalue weighted by atomic mass is 9.68. The first kappa shape index (κ1) is 13.6. The molecular weight excluding hydrogens is 274 g/mol. The lowest BCUT2D eigenvalue weighted by Gasteiger charge is -2.36. The molecule has 0 saturated heterocycles. The van der Waals surface area contributed by atoms with Crippen LogP contribution in [0.15, 0.2) is 42.7 Å². The maximum atomic E-state index is 13.1. The van der Waals surface area contributed by atoms with Gasteiger partial charge < -0.3 is 5.32 Å². The molecule has 0 radical (unpaired) electrons. The van der Waals surface area contributed by atoms with E-state index in [9.17, 15) is 4.79 Å². The second kappa shape index (κ2) is 5.27. The quantitative estimate of drug-likeness (QED) is 0.908. The van der Waals surface area contributed by atoms with E-state index in [2.05, 4.69) is 39.8 Å². The number of aromatic nitrogens is 2. The number of benzene rings is 1. The van der Waals surface area contributed by atoms with Gasteiger partial charge in [0.25, 0.3) is 0 Å². The number of H-pyrrole nitrogens is 1. The van der Waals surface area contributed by atoms with Crippen LogP contribution in [0, 0.1) is 17.3 Å². The van der Waals surface area contributed by atoms with Crippen molar-refractivity contribution in [2.45, 2.75) is 32.1 Å². The Labute approximate surface area is 130 Å². The number of hydrogen-bond acceptors (Lipinski definition) is 2. The van der Waals surface area contributed by atoms with Gasteiger partial charge in [0.1, 0.15) is 0 Å². The van der Waals surface area contributed by atoms with E-state index in [1.165, 1.54) is 24.8 Å². The van der Waals surface area contributed by atoms with E-state index in [0.29, 0.717) is 5.92 Å². The van der Waals surface area contributed by atoms with E-state index in [0.717, 1.165) is 24.4 Å². The summed E-state index contributed by atoms with van der Waals surface area (Å²) in [6, 6.07) is 10.4. The van der Waals surface area contributed by atoms with Crippen LogP contribution in [-0.4, -0.2) is 16.1 Å². The van der Waals surface area contributed by atoms with Gasteiger partial charge in [-0.05, 0) is 43.1 Å². The number of nitrogens with one attached hydrogen (secondary N) is 2. The molecule has 1 aromatic heterocycles. The summed E-state index contributed by atoms with van der Waals surface area (Å²) >= 11 is 0. The van der Waals surface area contributed by atoms with Crippen molar-refractivity contribution in [2.24, 2.45) is 17.3 Å². The average molecular weight is 295 g/mol. The molecule has 2 saturated carbocycles. The zero-order chi connectivity index (χ0) is 15.0. The van der Waals surface area contributed by atoms with Gasteiger partial charge >= 0.3 is 0 Å². The normalized spacial score (nSPS) is 29.6. The molecule has 3 atom stereocenters. The molecule has 4 heteroatoms. The van der Waals surface area contributed by atoms with Crippen molar-refractivity contribution in [2.75, 3.05) is 5.32 Å². The molecule has 2 N–H and O–H groups in total. The van der Waals surface area contributed by atoms with Crippen molar-refractivity contribution in [3.8, 4) is 0 Å². The first-order valence-corrected chi connectivity index (χ1v) is 8.10. The minimum atomic E-state index is -0.248. The molecule has 1 heterocycles. The Balaban J connectivity index is 1.62. The molecule has 2 bridgehead atoms. The van der Waals surface area contributed by atoms with Crippen LogP contribution < -0.4 is 5.32 Å². The van der Waals surface area contributed by atoms with Crippen molar-refractivity contribution in [1.29, 1.82) is 0 Å². The standard InChI is InChI=1S/C18H21N3O/c22-17(21-16-11-19-20-12-16)18(9-13-4-2-1-3-5-13)10-14-6-7-15(18)8-14/h1-5,11-12,14-15H,6-10H2,(H,19,20)(H,21,22). The molecule has 0 spiro atoms. The van der Waals surface area contributed by atoms with Gasteiger partial charge in [-0.2, -0.15) is 5.10 Å². The summed E-state index contributed by atoms with van der Waals surface area (Å²) in [5.41, 5.74) is 1.78. The first-order valence-electron chi connectivity index (χ1n) is 8.10. The number of amides is 1.